The zero-order valence-electron chi connectivity index (χ0n) is 12.4. The van der Waals surface area contributed by atoms with E-state index in [-0.39, 0.29) is 5.78 Å². The lowest BCUT2D eigenvalue weighted by molar-refractivity contribution is -0.126. The summed E-state index contributed by atoms with van der Waals surface area (Å²) >= 11 is 0. The molecule has 1 atom stereocenters. The van der Waals surface area contributed by atoms with Crippen molar-refractivity contribution < 1.29 is 23.9 Å². The second kappa shape index (κ2) is 7.28. The first-order valence-electron chi connectivity index (χ1n) is 6.27. The first kappa shape index (κ1) is 16.5. The Kier molecular flexibility index (Phi) is 5.71. The van der Waals surface area contributed by atoms with Crippen LogP contribution in [0.15, 0.2) is 18.2 Å². The molecule has 1 aromatic rings. The topological polar surface area (TPSA) is 93.7 Å². The van der Waals surface area contributed by atoms with E-state index in [1.54, 1.807) is 12.1 Å². The third-order valence-electron chi connectivity index (χ3n) is 2.71. The maximum atomic E-state index is 11.7. The first-order valence-corrected chi connectivity index (χ1v) is 6.27. The number of nitrogens with one attached hydrogen (secondary N) is 2. The molecule has 0 radical (unpaired) electrons. The largest absolute Gasteiger partial charge is 0.493 e. The number of rotatable bonds is 5. The molecule has 0 bridgehead atoms. The van der Waals surface area contributed by atoms with Crippen molar-refractivity contribution in [1.82, 2.24) is 10.6 Å². The van der Waals surface area contributed by atoms with Gasteiger partial charge in [-0.15, -0.1) is 0 Å². The third kappa shape index (κ3) is 4.48. The minimum atomic E-state index is -0.903. The Labute approximate surface area is 122 Å². The molecular weight excluding hydrogens is 276 g/mol. The van der Waals surface area contributed by atoms with Gasteiger partial charge in [0.1, 0.15) is 0 Å². The van der Waals surface area contributed by atoms with E-state index in [1.165, 1.54) is 34.1 Å². The third-order valence-corrected chi connectivity index (χ3v) is 2.71. The minimum Gasteiger partial charge on any atom is -0.493 e. The van der Waals surface area contributed by atoms with E-state index in [9.17, 15) is 14.4 Å². The molecule has 0 saturated carbocycles. The molecule has 0 unspecified atom stereocenters. The normalized spacial score (nSPS) is 11.2. The number of methoxy groups -OCH3 is 1. The highest BCUT2D eigenvalue weighted by molar-refractivity contribution is 5.96. The fourth-order valence-corrected chi connectivity index (χ4v) is 1.50. The number of hydrogen-bond acceptors (Lipinski definition) is 5. The molecular formula is C14H18N2O5. The lowest BCUT2D eigenvalue weighted by atomic mass is 10.1. The van der Waals surface area contributed by atoms with Crippen LogP contribution in [0.4, 0.5) is 4.79 Å². The molecule has 21 heavy (non-hydrogen) atoms. The van der Waals surface area contributed by atoms with E-state index < -0.39 is 18.0 Å². The van der Waals surface area contributed by atoms with E-state index in [4.69, 9.17) is 9.47 Å². The van der Waals surface area contributed by atoms with Gasteiger partial charge in [0.15, 0.2) is 23.4 Å². The van der Waals surface area contributed by atoms with Crippen LogP contribution in [-0.4, -0.2) is 38.0 Å². The number of urea groups is 1. The number of ether oxygens (including phenoxy) is 2. The van der Waals surface area contributed by atoms with Crippen LogP contribution in [0, 0.1) is 0 Å². The zero-order chi connectivity index (χ0) is 16.0. The maximum absolute atomic E-state index is 11.7. The first-order chi connectivity index (χ1) is 9.88. The molecule has 1 rings (SSSR count). The van der Waals surface area contributed by atoms with Gasteiger partial charge in [0, 0.05) is 12.6 Å². The fraction of sp³-hybridized carbons (Fsp3) is 0.357. The lowest BCUT2D eigenvalue weighted by Gasteiger charge is -2.16. The zero-order valence-corrected chi connectivity index (χ0v) is 12.4. The highest BCUT2D eigenvalue weighted by atomic mass is 16.5. The predicted octanol–water partition coefficient (Wildman–Crippen LogP) is 1.12. The van der Waals surface area contributed by atoms with E-state index in [2.05, 4.69) is 10.6 Å². The Morgan fingerprint density at radius 2 is 1.86 bits per heavy atom. The number of ketones is 1. The minimum absolute atomic E-state index is 0.106. The Morgan fingerprint density at radius 1 is 1.19 bits per heavy atom. The quantitative estimate of drug-likeness (QED) is 0.794. The molecule has 0 aliphatic rings. The van der Waals surface area contributed by atoms with Crippen molar-refractivity contribution in [3.05, 3.63) is 23.8 Å². The fourth-order valence-electron chi connectivity index (χ4n) is 1.50. The molecule has 1 aromatic carbocycles. The SMILES string of the molecule is CNC(=O)NC(=O)[C@@H](C)Oc1ccc(C(C)=O)cc1OC. The number of benzene rings is 1. The highest BCUT2D eigenvalue weighted by Gasteiger charge is 2.19. The number of carbonyl (C=O) groups is 3. The summed E-state index contributed by atoms with van der Waals surface area (Å²) in [7, 11) is 2.83. The molecule has 114 valence electrons. The van der Waals surface area contributed by atoms with Gasteiger partial charge in [-0.25, -0.2) is 4.79 Å². The van der Waals surface area contributed by atoms with Crippen LogP contribution >= 0.6 is 0 Å². The molecule has 0 spiro atoms. The summed E-state index contributed by atoms with van der Waals surface area (Å²) in [6, 6.07) is 4.03. The van der Waals surface area contributed by atoms with Gasteiger partial charge < -0.3 is 14.8 Å². The molecule has 0 aromatic heterocycles. The second-order valence-corrected chi connectivity index (χ2v) is 4.25. The number of imide groups is 1. The maximum Gasteiger partial charge on any atom is 0.321 e. The molecule has 2 N–H and O–H groups in total. The van der Waals surface area contributed by atoms with E-state index in [0.717, 1.165) is 0 Å². The van der Waals surface area contributed by atoms with Crippen LogP contribution < -0.4 is 20.1 Å². The average molecular weight is 294 g/mol. The van der Waals surface area contributed by atoms with Gasteiger partial charge in [-0.1, -0.05) is 0 Å². The van der Waals surface area contributed by atoms with Crippen LogP contribution in [0.3, 0.4) is 0 Å². The molecule has 7 heteroatoms. The Bertz CT molecular complexity index is 556. The van der Waals surface area contributed by atoms with Gasteiger partial charge in [-0.05, 0) is 32.0 Å². The molecule has 0 aliphatic carbocycles. The molecule has 7 nitrogen and oxygen atoms in total. The molecule has 0 heterocycles. The smallest absolute Gasteiger partial charge is 0.321 e. The summed E-state index contributed by atoms with van der Waals surface area (Å²) in [5.74, 6) is -0.0540. The summed E-state index contributed by atoms with van der Waals surface area (Å²) in [6.45, 7) is 2.94. The summed E-state index contributed by atoms with van der Waals surface area (Å²) in [5, 5.41) is 4.38. The van der Waals surface area contributed by atoms with Crippen molar-refractivity contribution in [3.63, 3.8) is 0 Å². The van der Waals surface area contributed by atoms with Crippen molar-refractivity contribution in [2.45, 2.75) is 20.0 Å². The standard InChI is InChI=1S/C14H18N2O5/c1-8(17)10-5-6-11(12(7-10)20-4)21-9(2)13(18)16-14(19)15-3/h5-7,9H,1-4H3,(H2,15,16,18,19)/t9-/m1/s1. The summed E-state index contributed by atoms with van der Waals surface area (Å²) in [4.78, 5) is 34.1. The van der Waals surface area contributed by atoms with Gasteiger partial charge in [0.05, 0.1) is 7.11 Å². The van der Waals surface area contributed by atoms with Crippen LogP contribution in [-0.2, 0) is 4.79 Å². The monoisotopic (exact) mass is 294 g/mol. The summed E-state index contributed by atoms with van der Waals surface area (Å²) < 4.78 is 10.6. The van der Waals surface area contributed by atoms with Gasteiger partial charge in [0.25, 0.3) is 5.91 Å². The van der Waals surface area contributed by atoms with E-state index in [0.29, 0.717) is 17.1 Å². The summed E-state index contributed by atoms with van der Waals surface area (Å²) in [5.41, 5.74) is 0.474. The van der Waals surface area contributed by atoms with E-state index in [1.807, 2.05) is 0 Å². The van der Waals surface area contributed by atoms with E-state index >= 15 is 0 Å². The molecule has 0 fully saturated rings. The van der Waals surface area contributed by atoms with Gasteiger partial charge in [-0.3, -0.25) is 14.9 Å². The van der Waals surface area contributed by atoms with Crippen molar-refractivity contribution in [2.24, 2.45) is 0 Å². The van der Waals surface area contributed by atoms with Crippen molar-refractivity contribution in [1.29, 1.82) is 0 Å². The van der Waals surface area contributed by atoms with Gasteiger partial charge >= 0.3 is 6.03 Å². The average Bonchev–Trinajstić information content (AvgIpc) is 2.46. The van der Waals surface area contributed by atoms with Crippen molar-refractivity contribution in [3.8, 4) is 11.5 Å². The van der Waals surface area contributed by atoms with Crippen LogP contribution in [0.1, 0.15) is 24.2 Å². The number of amides is 3. The second-order valence-electron chi connectivity index (χ2n) is 4.25. The predicted molar refractivity (Wildman–Crippen MR) is 75.7 cm³/mol. The molecule has 0 saturated heterocycles. The summed E-state index contributed by atoms with van der Waals surface area (Å²) in [6.07, 6.45) is -0.903. The number of Topliss-reactive ketones (excluding diaryl/α,β-unsaturated/α-hetero) is 1. The van der Waals surface area contributed by atoms with Crippen LogP contribution in [0.5, 0.6) is 11.5 Å². The number of carbonyl (C=O) groups excluding carboxylic acids is 3. The molecule has 0 aliphatic heterocycles. The van der Waals surface area contributed by atoms with Crippen LogP contribution in [0.25, 0.3) is 0 Å². The van der Waals surface area contributed by atoms with Crippen molar-refractivity contribution in [2.75, 3.05) is 14.2 Å². The highest BCUT2D eigenvalue weighted by Crippen LogP contribution is 2.29. The van der Waals surface area contributed by atoms with Gasteiger partial charge in [-0.2, -0.15) is 0 Å². The van der Waals surface area contributed by atoms with Crippen LogP contribution in [0.2, 0.25) is 0 Å². The van der Waals surface area contributed by atoms with Crippen molar-refractivity contribution >= 4 is 17.7 Å². The van der Waals surface area contributed by atoms with Gasteiger partial charge in [0.2, 0.25) is 0 Å². The molecule has 3 amide bonds. The Hall–Kier alpha value is -2.57. The number of hydrogen-bond donors (Lipinski definition) is 2. The lowest BCUT2D eigenvalue weighted by Crippen LogP contribution is -2.44. The Morgan fingerprint density at radius 3 is 2.38 bits per heavy atom. The Balaban J connectivity index is 2.84.